The number of nitrogens with zero attached hydrogens (tertiary/aromatic N) is 4. The van der Waals surface area contributed by atoms with Crippen molar-refractivity contribution in [2.45, 2.75) is 12.8 Å². The number of hydrogen-bond donors (Lipinski definition) is 4. The number of carbonyl (C=O) groups is 1. The number of carbonyl (C=O) groups excluding carboxylic acids is 1. The van der Waals surface area contributed by atoms with Crippen molar-refractivity contribution in [3.05, 3.63) is 72.9 Å². The van der Waals surface area contributed by atoms with Crippen LogP contribution < -0.4 is 5.32 Å². The summed E-state index contributed by atoms with van der Waals surface area (Å²) in [6.07, 6.45) is 6.86. The summed E-state index contributed by atoms with van der Waals surface area (Å²) in [6.45, 7) is 0. The van der Waals surface area contributed by atoms with Crippen LogP contribution in [0, 0.1) is 11.7 Å². The van der Waals surface area contributed by atoms with Gasteiger partial charge in [0.05, 0.1) is 40.3 Å². The number of nitrogens with one attached hydrogen (secondary N) is 3. The van der Waals surface area contributed by atoms with Crippen LogP contribution in [0.1, 0.15) is 12.8 Å². The second-order valence-electron chi connectivity index (χ2n) is 9.40. The Labute approximate surface area is 214 Å². The van der Waals surface area contributed by atoms with E-state index in [1.54, 1.807) is 18.6 Å². The number of aromatic amines is 2. The van der Waals surface area contributed by atoms with Crippen molar-refractivity contribution in [3.63, 3.8) is 0 Å². The molecule has 4 N–H and O–H groups in total. The lowest BCUT2D eigenvalue weighted by atomic mass is 10.0. The van der Waals surface area contributed by atoms with Gasteiger partial charge in [-0.2, -0.15) is 5.10 Å². The average Bonchev–Trinajstić information content (AvgIpc) is 3.54. The number of phenols is 1. The van der Waals surface area contributed by atoms with Crippen LogP contribution in [0.4, 0.5) is 10.1 Å². The van der Waals surface area contributed by atoms with Gasteiger partial charge in [0, 0.05) is 34.7 Å². The molecule has 10 heteroatoms. The lowest BCUT2D eigenvalue weighted by Crippen LogP contribution is -2.13. The Morgan fingerprint density at radius 2 is 1.92 bits per heavy atom. The SMILES string of the molecule is O=C(Nc1cncc(-c2cc3c(-c4nc5c(-c6cc(O)cc(F)c6)cccc5[nH]4)n[nH]c3cn2)c1)C1CC1. The average molecular weight is 506 g/mol. The summed E-state index contributed by atoms with van der Waals surface area (Å²) in [4.78, 5) is 29.1. The third-order valence-corrected chi connectivity index (χ3v) is 6.63. The molecule has 4 heterocycles. The first-order valence-electron chi connectivity index (χ1n) is 12.1. The largest absolute Gasteiger partial charge is 0.508 e. The highest BCUT2D eigenvalue weighted by molar-refractivity contribution is 5.98. The molecule has 6 aromatic rings. The molecular weight excluding hydrogens is 485 g/mol. The number of aromatic hydroxyl groups is 1. The van der Waals surface area contributed by atoms with E-state index in [9.17, 15) is 14.3 Å². The van der Waals surface area contributed by atoms with Crippen LogP contribution in [-0.4, -0.2) is 41.1 Å². The smallest absolute Gasteiger partial charge is 0.227 e. The Bertz CT molecular complexity index is 1850. The molecule has 1 fully saturated rings. The van der Waals surface area contributed by atoms with Crippen LogP contribution in [0.3, 0.4) is 0 Å². The molecule has 0 bridgehead atoms. The minimum absolute atomic E-state index is 0.0159. The predicted octanol–water partition coefficient (Wildman–Crippen LogP) is 5.42. The molecule has 0 aliphatic heterocycles. The molecule has 0 unspecified atom stereocenters. The summed E-state index contributed by atoms with van der Waals surface area (Å²) >= 11 is 0. The van der Waals surface area contributed by atoms with E-state index in [1.807, 2.05) is 30.3 Å². The minimum Gasteiger partial charge on any atom is -0.508 e. The number of anilines is 1. The molecule has 186 valence electrons. The van der Waals surface area contributed by atoms with Gasteiger partial charge < -0.3 is 15.4 Å². The zero-order valence-electron chi connectivity index (χ0n) is 19.9. The topological polar surface area (TPSA) is 132 Å². The molecule has 1 aliphatic rings. The van der Waals surface area contributed by atoms with Gasteiger partial charge in [0.15, 0.2) is 5.82 Å². The molecule has 0 saturated heterocycles. The van der Waals surface area contributed by atoms with Gasteiger partial charge in [0.25, 0.3) is 0 Å². The lowest BCUT2D eigenvalue weighted by Gasteiger charge is -2.06. The number of rotatable bonds is 5. The fourth-order valence-corrected chi connectivity index (χ4v) is 4.60. The molecule has 1 amide bonds. The van der Waals surface area contributed by atoms with Crippen molar-refractivity contribution >= 4 is 33.5 Å². The van der Waals surface area contributed by atoms with E-state index >= 15 is 0 Å². The number of fused-ring (bicyclic) bond motifs is 2. The number of pyridine rings is 2. The Morgan fingerprint density at radius 1 is 1.03 bits per heavy atom. The molecule has 0 atom stereocenters. The molecule has 7 rings (SSSR count). The molecule has 1 aliphatic carbocycles. The highest BCUT2D eigenvalue weighted by Gasteiger charge is 2.29. The number of H-pyrrole nitrogens is 2. The van der Waals surface area contributed by atoms with Crippen molar-refractivity contribution in [1.82, 2.24) is 30.1 Å². The second kappa shape index (κ2) is 8.48. The fraction of sp³-hybridized carbons (Fsp3) is 0.107. The van der Waals surface area contributed by atoms with Gasteiger partial charge in [-0.1, -0.05) is 12.1 Å². The third kappa shape index (κ3) is 3.92. The maximum Gasteiger partial charge on any atom is 0.227 e. The first kappa shape index (κ1) is 22.1. The van der Waals surface area contributed by atoms with Gasteiger partial charge in [0.2, 0.25) is 5.91 Å². The number of amides is 1. The minimum atomic E-state index is -0.531. The standard InChI is InChI=1S/C28H20FN7O2/c29-17-6-15(8-19(37)9-17)20-2-1-3-22-25(20)34-27(33-22)26-21-10-23(31-13-24(21)35-36-26)16-7-18(12-30-11-16)32-28(38)14-4-5-14/h1-3,6-14,37H,4-5H2,(H,32,38)(H,33,34)(H,35,36). The number of benzene rings is 2. The Balaban J connectivity index is 1.29. The van der Waals surface area contributed by atoms with Crippen LogP contribution in [-0.2, 0) is 4.79 Å². The van der Waals surface area contributed by atoms with Gasteiger partial charge in [-0.25, -0.2) is 9.37 Å². The van der Waals surface area contributed by atoms with Crippen molar-refractivity contribution < 1.29 is 14.3 Å². The first-order valence-corrected chi connectivity index (χ1v) is 12.1. The fourth-order valence-electron chi connectivity index (χ4n) is 4.60. The summed E-state index contributed by atoms with van der Waals surface area (Å²) in [5, 5.41) is 21.1. The zero-order valence-corrected chi connectivity index (χ0v) is 19.9. The molecule has 1 saturated carbocycles. The molecule has 38 heavy (non-hydrogen) atoms. The number of aromatic nitrogens is 6. The van der Waals surface area contributed by atoms with E-state index in [2.05, 4.69) is 30.5 Å². The van der Waals surface area contributed by atoms with Gasteiger partial charge in [-0.05, 0) is 48.7 Å². The van der Waals surface area contributed by atoms with E-state index in [4.69, 9.17) is 4.98 Å². The summed E-state index contributed by atoms with van der Waals surface area (Å²) in [6, 6.07) is 13.2. The van der Waals surface area contributed by atoms with Gasteiger partial charge >= 0.3 is 0 Å². The quantitative estimate of drug-likeness (QED) is 0.247. The summed E-state index contributed by atoms with van der Waals surface area (Å²) in [5.41, 5.74) is 5.94. The van der Waals surface area contributed by atoms with Gasteiger partial charge in [-0.3, -0.25) is 19.9 Å². The highest BCUT2D eigenvalue weighted by Crippen LogP contribution is 2.34. The van der Waals surface area contributed by atoms with E-state index in [0.29, 0.717) is 39.5 Å². The number of para-hydroxylation sites is 1. The molecule has 9 nitrogen and oxygen atoms in total. The second-order valence-corrected chi connectivity index (χ2v) is 9.40. The van der Waals surface area contributed by atoms with Crippen molar-refractivity contribution in [3.8, 4) is 39.7 Å². The summed E-state index contributed by atoms with van der Waals surface area (Å²) < 4.78 is 14.0. The van der Waals surface area contributed by atoms with Gasteiger partial charge in [-0.15, -0.1) is 0 Å². The summed E-state index contributed by atoms with van der Waals surface area (Å²) in [5.74, 6) is -0.0479. The molecular formula is C28H20FN7O2. The van der Waals surface area contributed by atoms with Crippen molar-refractivity contribution in [1.29, 1.82) is 0 Å². The molecule has 0 spiro atoms. The Hall–Kier alpha value is -5.12. The molecule has 4 aromatic heterocycles. The van der Waals surface area contributed by atoms with Crippen LogP contribution in [0.15, 0.2) is 67.1 Å². The predicted molar refractivity (Wildman–Crippen MR) is 141 cm³/mol. The summed E-state index contributed by atoms with van der Waals surface area (Å²) in [7, 11) is 0. The number of halogens is 1. The Morgan fingerprint density at radius 3 is 2.76 bits per heavy atom. The van der Waals surface area contributed by atoms with E-state index in [-0.39, 0.29) is 17.6 Å². The molecule has 2 aromatic carbocycles. The number of imidazole rings is 1. The van der Waals surface area contributed by atoms with Gasteiger partial charge in [0.1, 0.15) is 17.3 Å². The van der Waals surface area contributed by atoms with E-state index in [1.165, 1.54) is 12.1 Å². The lowest BCUT2D eigenvalue weighted by molar-refractivity contribution is -0.117. The van der Waals surface area contributed by atoms with Crippen LogP contribution in [0.25, 0.3) is 55.8 Å². The maximum atomic E-state index is 14.0. The highest BCUT2D eigenvalue weighted by atomic mass is 19.1. The number of hydrogen-bond acceptors (Lipinski definition) is 6. The van der Waals surface area contributed by atoms with Crippen LogP contribution in [0.2, 0.25) is 0 Å². The third-order valence-electron chi connectivity index (χ3n) is 6.63. The Kier molecular flexibility index (Phi) is 4.93. The van der Waals surface area contributed by atoms with Crippen molar-refractivity contribution in [2.24, 2.45) is 5.92 Å². The zero-order chi connectivity index (χ0) is 25.8. The van der Waals surface area contributed by atoms with Crippen LogP contribution in [0.5, 0.6) is 5.75 Å². The monoisotopic (exact) mass is 505 g/mol. The van der Waals surface area contributed by atoms with E-state index in [0.717, 1.165) is 40.9 Å². The normalized spacial score (nSPS) is 13.3. The maximum absolute atomic E-state index is 14.0. The van der Waals surface area contributed by atoms with E-state index < -0.39 is 5.82 Å². The number of phenolic OH excluding ortho intramolecular Hbond substituents is 1. The first-order chi connectivity index (χ1) is 18.5. The van der Waals surface area contributed by atoms with Crippen LogP contribution >= 0.6 is 0 Å². The molecule has 0 radical (unpaired) electrons. The van der Waals surface area contributed by atoms with Crippen molar-refractivity contribution in [2.75, 3.05) is 5.32 Å².